The number of alkyl halides is 1. The van der Waals surface area contributed by atoms with Crippen LogP contribution in [0.5, 0.6) is 0 Å². The zero-order valence-corrected chi connectivity index (χ0v) is 14.2. The molecule has 0 aliphatic rings. The van der Waals surface area contributed by atoms with Gasteiger partial charge in [-0.15, -0.1) is 11.3 Å². The highest BCUT2D eigenvalue weighted by molar-refractivity contribution is 9.11. The monoisotopic (exact) mass is 408 g/mol. The zero-order chi connectivity index (χ0) is 13.3. The fraction of sp³-hybridized carbons (Fsp3) is 0.167. The zero-order valence-electron chi connectivity index (χ0n) is 9.43. The second-order valence-electron chi connectivity index (χ2n) is 3.84. The minimum Gasteiger partial charge on any atom is -0.224 e. The number of hydrogen-bond acceptors (Lipinski definition) is 3. The molecule has 0 aliphatic heterocycles. The van der Waals surface area contributed by atoms with Gasteiger partial charge in [-0.2, -0.15) is 0 Å². The molecule has 1 atom stereocenters. The Labute approximate surface area is 127 Å². The highest BCUT2D eigenvalue weighted by atomic mass is 79.9. The summed E-state index contributed by atoms with van der Waals surface area (Å²) >= 11 is 8.78. The molecule has 0 spiro atoms. The van der Waals surface area contributed by atoms with E-state index in [0.29, 0.717) is 4.90 Å². The van der Waals surface area contributed by atoms with Crippen molar-refractivity contribution in [3.8, 4) is 0 Å². The SMILES string of the molecule is CS(=O)(=O)c1ccc(C(Br)c2sccc2Br)cc1. The van der Waals surface area contributed by atoms with E-state index in [-0.39, 0.29) is 4.83 Å². The van der Waals surface area contributed by atoms with Crippen molar-refractivity contribution < 1.29 is 8.42 Å². The predicted molar refractivity (Wildman–Crippen MR) is 82.3 cm³/mol. The summed E-state index contributed by atoms with van der Waals surface area (Å²) in [5.74, 6) is 0. The minimum absolute atomic E-state index is 0.0699. The Morgan fingerprint density at radius 2 is 1.78 bits per heavy atom. The molecule has 1 heterocycles. The third kappa shape index (κ3) is 3.04. The third-order valence-corrected chi connectivity index (χ3v) is 6.83. The van der Waals surface area contributed by atoms with Gasteiger partial charge in [0.25, 0.3) is 0 Å². The lowest BCUT2D eigenvalue weighted by molar-refractivity contribution is 0.602. The van der Waals surface area contributed by atoms with Crippen LogP contribution in [0.25, 0.3) is 0 Å². The smallest absolute Gasteiger partial charge is 0.175 e. The molecule has 1 aromatic heterocycles. The van der Waals surface area contributed by atoms with Crippen LogP contribution >= 0.6 is 43.2 Å². The Hall–Kier alpha value is -0.170. The number of hydrogen-bond donors (Lipinski definition) is 0. The van der Waals surface area contributed by atoms with Gasteiger partial charge in [-0.3, -0.25) is 0 Å². The van der Waals surface area contributed by atoms with Gasteiger partial charge in [-0.25, -0.2) is 8.42 Å². The van der Waals surface area contributed by atoms with E-state index in [1.165, 1.54) is 11.1 Å². The number of rotatable bonds is 3. The molecule has 0 saturated heterocycles. The second-order valence-corrected chi connectivity index (χ2v) is 8.57. The maximum absolute atomic E-state index is 11.4. The van der Waals surface area contributed by atoms with E-state index in [9.17, 15) is 8.42 Å². The van der Waals surface area contributed by atoms with Gasteiger partial charge in [0.05, 0.1) is 9.72 Å². The van der Waals surface area contributed by atoms with Crippen molar-refractivity contribution in [1.29, 1.82) is 0 Å². The van der Waals surface area contributed by atoms with E-state index in [2.05, 4.69) is 31.9 Å². The molecular formula is C12H10Br2O2S2. The molecule has 2 aromatic rings. The molecule has 0 bridgehead atoms. The largest absolute Gasteiger partial charge is 0.224 e. The fourth-order valence-corrected chi connectivity index (χ4v) is 4.94. The maximum atomic E-state index is 11.4. The molecule has 96 valence electrons. The quantitative estimate of drug-likeness (QED) is 0.704. The number of thiophene rings is 1. The maximum Gasteiger partial charge on any atom is 0.175 e. The van der Waals surface area contributed by atoms with Crippen molar-refractivity contribution in [2.75, 3.05) is 6.26 Å². The summed E-state index contributed by atoms with van der Waals surface area (Å²) in [6.07, 6.45) is 1.21. The second kappa shape index (κ2) is 5.45. The lowest BCUT2D eigenvalue weighted by Crippen LogP contribution is -1.98. The number of halogens is 2. The molecule has 0 fully saturated rings. The molecule has 2 rings (SSSR count). The lowest BCUT2D eigenvalue weighted by Gasteiger charge is -2.09. The van der Waals surface area contributed by atoms with Crippen molar-refractivity contribution in [2.45, 2.75) is 9.72 Å². The van der Waals surface area contributed by atoms with Gasteiger partial charge < -0.3 is 0 Å². The average molecular weight is 410 g/mol. The summed E-state index contributed by atoms with van der Waals surface area (Å²) in [6.45, 7) is 0. The van der Waals surface area contributed by atoms with Gasteiger partial charge in [0.2, 0.25) is 0 Å². The van der Waals surface area contributed by atoms with Crippen LogP contribution < -0.4 is 0 Å². The van der Waals surface area contributed by atoms with E-state index in [1.54, 1.807) is 23.5 Å². The molecule has 6 heteroatoms. The summed E-state index contributed by atoms with van der Waals surface area (Å²) in [6, 6.07) is 8.95. The van der Waals surface area contributed by atoms with Crippen molar-refractivity contribution >= 4 is 53.0 Å². The Morgan fingerprint density at radius 3 is 2.22 bits per heavy atom. The molecule has 18 heavy (non-hydrogen) atoms. The van der Waals surface area contributed by atoms with E-state index >= 15 is 0 Å². The summed E-state index contributed by atoms with van der Waals surface area (Å²) in [5, 5.41) is 2.01. The van der Waals surface area contributed by atoms with Crippen LogP contribution in [-0.4, -0.2) is 14.7 Å². The molecule has 1 unspecified atom stereocenters. The van der Waals surface area contributed by atoms with Crippen LogP contribution in [0.1, 0.15) is 15.3 Å². The van der Waals surface area contributed by atoms with E-state index < -0.39 is 9.84 Å². The molecule has 0 amide bonds. The van der Waals surface area contributed by atoms with Gasteiger partial charge in [0, 0.05) is 15.6 Å². The lowest BCUT2D eigenvalue weighted by atomic mass is 10.1. The van der Waals surface area contributed by atoms with E-state index in [4.69, 9.17) is 0 Å². The van der Waals surface area contributed by atoms with E-state index in [0.717, 1.165) is 10.0 Å². The van der Waals surface area contributed by atoms with Crippen molar-refractivity contribution in [1.82, 2.24) is 0 Å². The van der Waals surface area contributed by atoms with E-state index in [1.807, 2.05) is 23.6 Å². The van der Waals surface area contributed by atoms with Crippen LogP contribution in [0.2, 0.25) is 0 Å². The topological polar surface area (TPSA) is 34.1 Å². The Kier molecular flexibility index (Phi) is 4.31. The molecular weight excluding hydrogens is 400 g/mol. The Bertz CT molecular complexity index is 645. The van der Waals surface area contributed by atoms with Crippen LogP contribution in [-0.2, 0) is 9.84 Å². The van der Waals surface area contributed by atoms with Crippen molar-refractivity contribution in [3.63, 3.8) is 0 Å². The predicted octanol–water partition coefficient (Wildman–Crippen LogP) is 4.40. The van der Waals surface area contributed by atoms with Crippen molar-refractivity contribution in [2.24, 2.45) is 0 Å². The van der Waals surface area contributed by atoms with Crippen LogP contribution in [0, 0.1) is 0 Å². The molecule has 1 aromatic carbocycles. The normalized spacial score (nSPS) is 13.5. The highest BCUT2D eigenvalue weighted by Gasteiger charge is 2.15. The summed E-state index contributed by atoms with van der Waals surface area (Å²) in [5.41, 5.74) is 1.03. The summed E-state index contributed by atoms with van der Waals surface area (Å²) < 4.78 is 23.8. The molecule has 0 aliphatic carbocycles. The van der Waals surface area contributed by atoms with Gasteiger partial charge in [0.15, 0.2) is 9.84 Å². The first kappa shape index (κ1) is 14.2. The first-order valence-corrected chi connectivity index (χ1v) is 9.54. The van der Waals surface area contributed by atoms with Crippen LogP contribution in [0.3, 0.4) is 0 Å². The van der Waals surface area contributed by atoms with Gasteiger partial charge in [0.1, 0.15) is 0 Å². The average Bonchev–Trinajstić information content (AvgIpc) is 2.73. The highest BCUT2D eigenvalue weighted by Crippen LogP contribution is 2.38. The minimum atomic E-state index is -3.13. The number of sulfone groups is 1. The van der Waals surface area contributed by atoms with Crippen LogP contribution in [0.15, 0.2) is 45.1 Å². The Morgan fingerprint density at radius 1 is 1.17 bits per heavy atom. The molecule has 2 nitrogen and oxygen atoms in total. The third-order valence-electron chi connectivity index (χ3n) is 2.48. The molecule has 0 radical (unpaired) electrons. The summed E-state index contributed by atoms with van der Waals surface area (Å²) in [4.78, 5) is 1.58. The number of benzene rings is 1. The summed E-state index contributed by atoms with van der Waals surface area (Å²) in [7, 11) is -3.13. The van der Waals surface area contributed by atoms with Gasteiger partial charge >= 0.3 is 0 Å². The van der Waals surface area contributed by atoms with Gasteiger partial charge in [-0.05, 0) is 45.1 Å². The molecule has 0 saturated carbocycles. The van der Waals surface area contributed by atoms with Crippen LogP contribution in [0.4, 0.5) is 0 Å². The van der Waals surface area contributed by atoms with Crippen molar-refractivity contribution in [3.05, 3.63) is 50.6 Å². The standard InChI is InChI=1S/C12H10Br2O2S2/c1-18(15,16)9-4-2-8(3-5-9)11(14)12-10(13)6-7-17-12/h2-7,11H,1H3. The Balaban J connectivity index is 2.33. The van der Waals surface area contributed by atoms with Gasteiger partial charge in [-0.1, -0.05) is 28.1 Å². The molecule has 0 N–H and O–H groups in total. The first-order valence-electron chi connectivity index (χ1n) is 5.06. The fourth-order valence-electron chi connectivity index (χ4n) is 1.52. The first-order chi connectivity index (χ1) is 8.39.